The molecule has 0 aliphatic rings. The number of nitrogens with two attached hydrogens (primary N) is 1. The van der Waals surface area contributed by atoms with Gasteiger partial charge in [-0.3, -0.25) is 9.59 Å². The molecule has 3 N–H and O–H groups in total. The quantitative estimate of drug-likeness (QED) is 0.555. The number of amides is 1. The van der Waals surface area contributed by atoms with Gasteiger partial charge in [0.1, 0.15) is 0 Å². The van der Waals surface area contributed by atoms with E-state index in [0.717, 1.165) is 16.7 Å². The lowest BCUT2D eigenvalue weighted by Crippen LogP contribution is -2.27. The van der Waals surface area contributed by atoms with Gasteiger partial charge >= 0.3 is 0 Å². The topological polar surface area (TPSA) is 106 Å². The summed E-state index contributed by atoms with van der Waals surface area (Å²) in [5.41, 5.74) is 4.17. The zero-order valence-electron chi connectivity index (χ0n) is 17.4. The van der Waals surface area contributed by atoms with E-state index in [0.29, 0.717) is 29.7 Å². The van der Waals surface area contributed by atoms with Gasteiger partial charge in [-0.05, 0) is 61.2 Å². The first-order valence-electron chi connectivity index (χ1n) is 9.78. The first-order valence-corrected chi connectivity index (χ1v) is 11.3. The Morgan fingerprint density at radius 3 is 2.13 bits per heavy atom. The van der Waals surface area contributed by atoms with Crippen molar-refractivity contribution in [3.8, 4) is 0 Å². The predicted octanol–water partition coefficient (Wildman–Crippen LogP) is 3.15. The van der Waals surface area contributed by atoms with Crippen molar-refractivity contribution in [1.82, 2.24) is 5.32 Å². The number of benzene rings is 3. The summed E-state index contributed by atoms with van der Waals surface area (Å²) in [6.07, 6.45) is 0.504. The summed E-state index contributed by atoms with van der Waals surface area (Å²) in [6.45, 7) is 4.26. The molecule has 0 aromatic heterocycles. The van der Waals surface area contributed by atoms with Crippen LogP contribution < -0.4 is 10.5 Å². The summed E-state index contributed by atoms with van der Waals surface area (Å²) >= 11 is 0. The van der Waals surface area contributed by atoms with Crippen LogP contribution in [0.15, 0.2) is 71.6 Å². The van der Waals surface area contributed by atoms with Gasteiger partial charge in [0.05, 0.1) is 10.5 Å². The van der Waals surface area contributed by atoms with E-state index in [1.54, 1.807) is 42.5 Å². The molecule has 3 aromatic carbocycles. The molecule has 0 aliphatic heterocycles. The monoisotopic (exact) mass is 436 g/mol. The maximum Gasteiger partial charge on any atom is 0.252 e. The Bertz CT molecular complexity index is 1230. The van der Waals surface area contributed by atoms with Gasteiger partial charge in [-0.15, -0.1) is 0 Å². The number of carbonyl (C=O) groups excluding carboxylic acids is 2. The predicted molar refractivity (Wildman–Crippen MR) is 120 cm³/mol. The van der Waals surface area contributed by atoms with Gasteiger partial charge < -0.3 is 5.32 Å². The van der Waals surface area contributed by atoms with Gasteiger partial charge in [0, 0.05) is 17.7 Å². The molecule has 0 saturated heterocycles. The van der Waals surface area contributed by atoms with E-state index >= 15 is 0 Å². The molecule has 3 rings (SSSR count). The van der Waals surface area contributed by atoms with Crippen molar-refractivity contribution in [3.05, 3.63) is 100 Å². The normalized spacial score (nSPS) is 11.2. The van der Waals surface area contributed by atoms with Crippen molar-refractivity contribution >= 4 is 21.7 Å². The number of primary sulfonamides is 1. The minimum Gasteiger partial charge on any atom is -0.352 e. The average molecular weight is 437 g/mol. The van der Waals surface area contributed by atoms with Crippen LogP contribution in [0.3, 0.4) is 0 Å². The molecule has 7 heteroatoms. The van der Waals surface area contributed by atoms with Crippen molar-refractivity contribution in [2.75, 3.05) is 6.54 Å². The van der Waals surface area contributed by atoms with E-state index in [1.165, 1.54) is 12.1 Å². The maximum absolute atomic E-state index is 13.0. The molecule has 0 bridgehead atoms. The Balaban J connectivity index is 1.70. The van der Waals surface area contributed by atoms with Crippen LogP contribution in [0.5, 0.6) is 0 Å². The largest absolute Gasteiger partial charge is 0.352 e. The molecule has 1 amide bonds. The highest BCUT2D eigenvalue weighted by Crippen LogP contribution is 2.18. The zero-order chi connectivity index (χ0) is 22.6. The van der Waals surface area contributed by atoms with E-state index in [9.17, 15) is 18.0 Å². The molecule has 160 valence electrons. The molecule has 0 aliphatic carbocycles. The van der Waals surface area contributed by atoms with E-state index in [4.69, 9.17) is 5.14 Å². The second kappa shape index (κ2) is 9.24. The molecule has 3 aromatic rings. The van der Waals surface area contributed by atoms with Crippen LogP contribution in [-0.4, -0.2) is 26.7 Å². The highest BCUT2D eigenvalue weighted by atomic mass is 32.2. The number of sulfonamides is 1. The fourth-order valence-corrected chi connectivity index (χ4v) is 3.69. The Morgan fingerprint density at radius 2 is 1.52 bits per heavy atom. The summed E-state index contributed by atoms with van der Waals surface area (Å²) < 4.78 is 22.6. The molecule has 0 atom stereocenters. The van der Waals surface area contributed by atoms with E-state index < -0.39 is 10.0 Å². The number of ketones is 1. The summed E-state index contributed by atoms with van der Waals surface area (Å²) in [4.78, 5) is 25.8. The fraction of sp³-hybridized carbons (Fsp3) is 0.167. The Labute approximate surface area is 182 Å². The number of carbonyl (C=O) groups is 2. The Kier molecular flexibility index (Phi) is 6.68. The van der Waals surface area contributed by atoms with Gasteiger partial charge in [-0.1, -0.05) is 42.5 Å². The van der Waals surface area contributed by atoms with Gasteiger partial charge in [-0.2, -0.15) is 0 Å². The van der Waals surface area contributed by atoms with Crippen molar-refractivity contribution < 1.29 is 18.0 Å². The summed E-state index contributed by atoms with van der Waals surface area (Å²) in [6, 6.07) is 18.4. The molecular weight excluding hydrogens is 412 g/mol. The SMILES string of the molecule is Cc1ccc(C(=O)c2ccccc2C(=O)NCCc2ccc(S(N)(=O)=O)cc2)cc1C. The van der Waals surface area contributed by atoms with Crippen molar-refractivity contribution in [2.24, 2.45) is 5.14 Å². The third-order valence-corrected chi connectivity index (χ3v) is 6.07. The van der Waals surface area contributed by atoms with Crippen LogP contribution in [-0.2, 0) is 16.4 Å². The van der Waals surface area contributed by atoms with Gasteiger partial charge in [-0.25, -0.2) is 13.6 Å². The first-order chi connectivity index (χ1) is 14.7. The summed E-state index contributed by atoms with van der Waals surface area (Å²) in [7, 11) is -3.73. The van der Waals surface area contributed by atoms with Crippen molar-refractivity contribution in [1.29, 1.82) is 0 Å². The molecule has 0 unspecified atom stereocenters. The van der Waals surface area contributed by atoms with E-state index in [-0.39, 0.29) is 16.6 Å². The second-order valence-corrected chi connectivity index (χ2v) is 8.93. The summed E-state index contributed by atoms with van der Waals surface area (Å²) in [5, 5.41) is 7.92. The molecule has 0 heterocycles. The minimum atomic E-state index is -3.73. The smallest absolute Gasteiger partial charge is 0.252 e. The molecule has 0 saturated carbocycles. The maximum atomic E-state index is 13.0. The molecule has 6 nitrogen and oxygen atoms in total. The lowest BCUT2D eigenvalue weighted by Gasteiger charge is -2.11. The van der Waals surface area contributed by atoms with Crippen LogP contribution in [0.2, 0.25) is 0 Å². The lowest BCUT2D eigenvalue weighted by atomic mass is 9.95. The standard InChI is InChI=1S/C24H24N2O4S/c1-16-7-10-19(15-17(16)2)23(27)21-5-3-4-6-22(21)24(28)26-14-13-18-8-11-20(12-9-18)31(25,29)30/h3-12,15H,13-14H2,1-2H3,(H,26,28)(H2,25,29,30). The van der Waals surface area contributed by atoms with Gasteiger partial charge in [0.15, 0.2) is 5.78 Å². The third kappa shape index (κ3) is 5.45. The number of hydrogen-bond donors (Lipinski definition) is 2. The van der Waals surface area contributed by atoms with Crippen LogP contribution in [0.1, 0.15) is 43.0 Å². The third-order valence-electron chi connectivity index (χ3n) is 5.14. The van der Waals surface area contributed by atoms with E-state index in [1.807, 2.05) is 26.0 Å². The Morgan fingerprint density at radius 1 is 0.871 bits per heavy atom. The van der Waals surface area contributed by atoms with Crippen LogP contribution >= 0.6 is 0 Å². The first kappa shape index (κ1) is 22.4. The lowest BCUT2D eigenvalue weighted by molar-refractivity contribution is 0.0942. The fourth-order valence-electron chi connectivity index (χ4n) is 3.18. The molecule has 0 radical (unpaired) electrons. The number of nitrogens with one attached hydrogen (secondary N) is 1. The highest BCUT2D eigenvalue weighted by molar-refractivity contribution is 7.89. The van der Waals surface area contributed by atoms with Crippen LogP contribution in [0.25, 0.3) is 0 Å². The number of rotatable bonds is 7. The second-order valence-electron chi connectivity index (χ2n) is 7.37. The molecular formula is C24H24N2O4S. The summed E-state index contributed by atoms with van der Waals surface area (Å²) in [5.74, 6) is -0.540. The molecule has 0 fully saturated rings. The number of hydrogen-bond acceptors (Lipinski definition) is 4. The van der Waals surface area contributed by atoms with Gasteiger partial charge in [0.25, 0.3) is 5.91 Å². The van der Waals surface area contributed by atoms with E-state index in [2.05, 4.69) is 5.32 Å². The van der Waals surface area contributed by atoms with Crippen molar-refractivity contribution in [3.63, 3.8) is 0 Å². The minimum absolute atomic E-state index is 0.0408. The number of aryl methyl sites for hydroxylation is 2. The Hall–Kier alpha value is -3.29. The van der Waals surface area contributed by atoms with Crippen LogP contribution in [0.4, 0.5) is 0 Å². The average Bonchev–Trinajstić information content (AvgIpc) is 2.75. The molecule has 0 spiro atoms. The highest BCUT2D eigenvalue weighted by Gasteiger charge is 2.18. The van der Waals surface area contributed by atoms with Crippen LogP contribution in [0, 0.1) is 13.8 Å². The molecule has 31 heavy (non-hydrogen) atoms. The zero-order valence-corrected chi connectivity index (χ0v) is 18.2. The van der Waals surface area contributed by atoms with Crippen molar-refractivity contribution in [2.45, 2.75) is 25.2 Å². The van der Waals surface area contributed by atoms with Gasteiger partial charge in [0.2, 0.25) is 10.0 Å².